The van der Waals surface area contributed by atoms with E-state index in [2.05, 4.69) is 63.9 Å². The zero-order valence-electron chi connectivity index (χ0n) is 26.8. The van der Waals surface area contributed by atoms with Crippen LogP contribution in [0.2, 0.25) is 18.6 Å². The van der Waals surface area contributed by atoms with Crippen LogP contribution in [0, 0.1) is 5.92 Å². The van der Waals surface area contributed by atoms with Crippen molar-refractivity contribution in [1.29, 1.82) is 0 Å². The van der Waals surface area contributed by atoms with Gasteiger partial charge in [-0.3, -0.25) is 14.4 Å². The minimum Gasteiger partial charge on any atom is -0.432 e. The molecule has 3 fully saturated rings. The number of aliphatic hydroxyl groups excluding tert-OH is 1. The van der Waals surface area contributed by atoms with E-state index in [4.69, 9.17) is 4.74 Å². The number of amides is 1. The van der Waals surface area contributed by atoms with Gasteiger partial charge in [-0.25, -0.2) is 0 Å². The summed E-state index contributed by atoms with van der Waals surface area (Å²) in [5.41, 5.74) is 3.61. The molecule has 0 bridgehead atoms. The standard InChI is InChI=1S/C34H48N6O4Si/c1-25-30(44-31(32(25)45(2,3)43)14-20-38-23-27(15-21-41)36-37-38)13-12-26-8-7-11-29(22-26)39-24-40(28-9-5-4-6-10-28)34(33(39)42)16-18-35-19-17-34/h4-11,22-23,25,30-32,35,41,43H,12-21,24H2,1-3H3/t25-,30+,31-,32+/m1/s1. The Labute approximate surface area is 267 Å². The molecule has 45 heavy (non-hydrogen) atoms. The van der Waals surface area contributed by atoms with Crippen LogP contribution in [0.25, 0.3) is 0 Å². The first-order valence-corrected chi connectivity index (χ1v) is 19.5. The second-order valence-corrected chi connectivity index (χ2v) is 17.6. The third kappa shape index (κ3) is 6.59. The molecule has 4 heterocycles. The van der Waals surface area contributed by atoms with Crippen molar-refractivity contribution in [2.75, 3.05) is 36.2 Å². The van der Waals surface area contributed by atoms with Gasteiger partial charge in [0.1, 0.15) is 5.54 Å². The van der Waals surface area contributed by atoms with Crippen molar-refractivity contribution in [3.8, 4) is 0 Å². The van der Waals surface area contributed by atoms with Crippen molar-refractivity contribution in [3.63, 3.8) is 0 Å². The number of aryl methyl sites for hydroxylation is 2. The number of hydrogen-bond acceptors (Lipinski definition) is 8. The number of ether oxygens (including phenoxy) is 1. The van der Waals surface area contributed by atoms with Crippen LogP contribution in [-0.2, 0) is 28.9 Å². The van der Waals surface area contributed by atoms with Gasteiger partial charge >= 0.3 is 0 Å². The minimum absolute atomic E-state index is 0.0409. The maximum Gasteiger partial charge on any atom is 0.254 e. The van der Waals surface area contributed by atoms with E-state index in [0.29, 0.717) is 19.6 Å². The zero-order valence-corrected chi connectivity index (χ0v) is 27.8. The number of para-hydroxylation sites is 1. The first kappa shape index (κ1) is 31.9. The SMILES string of the molecule is C[C@H]1[C@H]([Si](C)(C)O)[C@@H](CCn2cc(CCO)nn2)O[C@H]1CCc1cccc(N2CN(c3ccccc3)C3(CCNCC3)C2=O)c1. The highest BCUT2D eigenvalue weighted by Gasteiger charge is 2.53. The molecule has 11 heteroatoms. The molecule has 1 amide bonds. The van der Waals surface area contributed by atoms with Crippen LogP contribution in [0.4, 0.5) is 11.4 Å². The maximum absolute atomic E-state index is 14.1. The largest absolute Gasteiger partial charge is 0.432 e. The van der Waals surface area contributed by atoms with Gasteiger partial charge in [0.2, 0.25) is 0 Å². The van der Waals surface area contributed by atoms with Gasteiger partial charge in [-0.05, 0) is 94.0 Å². The van der Waals surface area contributed by atoms with Gasteiger partial charge < -0.3 is 24.9 Å². The summed E-state index contributed by atoms with van der Waals surface area (Å²) in [4.78, 5) is 29.7. The number of hydrogen-bond donors (Lipinski definition) is 3. The predicted molar refractivity (Wildman–Crippen MR) is 178 cm³/mol. The molecule has 3 aliphatic heterocycles. The molecule has 3 aliphatic rings. The Balaban J connectivity index is 1.14. The molecule has 3 N–H and O–H groups in total. The van der Waals surface area contributed by atoms with Crippen LogP contribution in [0.3, 0.4) is 0 Å². The first-order valence-electron chi connectivity index (χ1n) is 16.5. The molecule has 1 spiro atoms. The maximum atomic E-state index is 14.1. The number of piperidine rings is 1. The second-order valence-electron chi connectivity index (χ2n) is 13.6. The van der Waals surface area contributed by atoms with Crippen LogP contribution in [0.15, 0.2) is 60.8 Å². The monoisotopic (exact) mass is 632 g/mol. The van der Waals surface area contributed by atoms with Crippen LogP contribution in [0.1, 0.15) is 43.9 Å². The van der Waals surface area contributed by atoms with E-state index < -0.39 is 13.9 Å². The lowest BCUT2D eigenvalue weighted by Crippen LogP contribution is -2.55. The fourth-order valence-electron chi connectivity index (χ4n) is 7.97. The molecular formula is C34H48N6O4Si. The number of carbonyl (C=O) groups excluding carboxylic acids is 1. The average molecular weight is 633 g/mol. The van der Waals surface area contributed by atoms with E-state index in [0.717, 1.165) is 62.3 Å². The summed E-state index contributed by atoms with van der Waals surface area (Å²) < 4.78 is 8.50. The average Bonchev–Trinajstić information content (AvgIpc) is 3.70. The highest BCUT2D eigenvalue weighted by molar-refractivity contribution is 6.71. The smallest absolute Gasteiger partial charge is 0.254 e. The van der Waals surface area contributed by atoms with Crippen LogP contribution >= 0.6 is 0 Å². The van der Waals surface area contributed by atoms with Gasteiger partial charge in [0.25, 0.3) is 5.91 Å². The Morgan fingerprint density at radius 1 is 1.02 bits per heavy atom. The number of anilines is 2. The summed E-state index contributed by atoms with van der Waals surface area (Å²) in [5, 5.41) is 21.0. The van der Waals surface area contributed by atoms with Gasteiger partial charge in [0.05, 0.1) is 24.6 Å². The number of rotatable bonds is 11. The van der Waals surface area contributed by atoms with E-state index in [1.54, 1.807) is 0 Å². The Kier molecular flexibility index (Phi) is 9.44. The number of nitrogens with zero attached hydrogens (tertiary/aromatic N) is 5. The fraction of sp³-hybridized carbons (Fsp3) is 0.559. The van der Waals surface area contributed by atoms with Gasteiger partial charge in [-0.15, -0.1) is 5.10 Å². The number of aliphatic hydroxyl groups is 1. The molecule has 0 aliphatic carbocycles. The Morgan fingerprint density at radius 3 is 2.51 bits per heavy atom. The van der Waals surface area contributed by atoms with Crippen LogP contribution in [0.5, 0.6) is 0 Å². The summed E-state index contributed by atoms with van der Waals surface area (Å²) in [6, 6.07) is 18.8. The predicted octanol–water partition coefficient (Wildman–Crippen LogP) is 3.74. The summed E-state index contributed by atoms with van der Waals surface area (Å²) in [6.45, 7) is 9.19. The normalized spacial score (nSPS) is 25.0. The van der Waals surface area contributed by atoms with Crippen molar-refractivity contribution in [3.05, 3.63) is 72.1 Å². The Morgan fingerprint density at radius 2 is 1.78 bits per heavy atom. The Bertz CT molecular complexity index is 1440. The third-order valence-corrected chi connectivity index (χ3v) is 12.7. The zero-order chi connectivity index (χ0) is 31.6. The molecule has 2 aromatic carbocycles. The van der Waals surface area contributed by atoms with Crippen molar-refractivity contribution in [2.24, 2.45) is 5.92 Å². The van der Waals surface area contributed by atoms with Gasteiger partial charge in [-0.1, -0.05) is 42.5 Å². The molecule has 6 rings (SSSR count). The lowest BCUT2D eigenvalue weighted by molar-refractivity contribution is -0.122. The summed E-state index contributed by atoms with van der Waals surface area (Å²) >= 11 is 0. The lowest BCUT2D eigenvalue weighted by atomic mass is 9.86. The first-order chi connectivity index (χ1) is 21.7. The molecule has 0 unspecified atom stereocenters. The number of benzene rings is 2. The number of carbonyl (C=O) groups is 1. The molecule has 0 saturated carbocycles. The lowest BCUT2D eigenvalue weighted by Gasteiger charge is -2.39. The van der Waals surface area contributed by atoms with Gasteiger partial charge in [0, 0.05) is 42.7 Å². The highest BCUT2D eigenvalue weighted by atomic mass is 28.4. The summed E-state index contributed by atoms with van der Waals surface area (Å²) in [7, 11) is -2.49. The summed E-state index contributed by atoms with van der Waals surface area (Å²) in [5.74, 6) is 0.430. The van der Waals surface area contributed by atoms with Crippen LogP contribution < -0.4 is 15.1 Å². The molecule has 10 nitrogen and oxygen atoms in total. The van der Waals surface area contributed by atoms with Gasteiger partial charge in [0.15, 0.2) is 8.32 Å². The van der Waals surface area contributed by atoms with Crippen molar-refractivity contribution >= 4 is 25.6 Å². The molecular weight excluding hydrogens is 584 g/mol. The van der Waals surface area contributed by atoms with Crippen molar-refractivity contribution in [2.45, 2.75) is 88.4 Å². The second kappa shape index (κ2) is 13.3. The van der Waals surface area contributed by atoms with Crippen LogP contribution in [-0.4, -0.2) is 83.2 Å². The van der Waals surface area contributed by atoms with Crippen molar-refractivity contribution < 1.29 is 19.4 Å². The number of nitrogens with one attached hydrogen (secondary N) is 1. The fourth-order valence-corrected chi connectivity index (χ4v) is 10.6. The van der Waals surface area contributed by atoms with E-state index in [1.807, 2.05) is 47.1 Å². The minimum atomic E-state index is -2.49. The van der Waals surface area contributed by atoms with E-state index in [-0.39, 0.29) is 36.2 Å². The quantitative estimate of drug-likeness (QED) is 0.274. The van der Waals surface area contributed by atoms with E-state index in [9.17, 15) is 14.7 Å². The third-order valence-electron chi connectivity index (χ3n) is 10.2. The molecule has 3 aromatic rings. The number of aromatic nitrogens is 3. The van der Waals surface area contributed by atoms with E-state index >= 15 is 0 Å². The molecule has 242 valence electrons. The highest BCUT2D eigenvalue weighted by Crippen LogP contribution is 2.46. The molecule has 0 radical (unpaired) electrons. The topological polar surface area (TPSA) is 116 Å². The van der Waals surface area contributed by atoms with E-state index in [1.165, 1.54) is 5.56 Å². The molecule has 4 atom stereocenters. The summed E-state index contributed by atoms with van der Waals surface area (Å²) in [6.07, 6.45) is 6.41. The Hall–Kier alpha value is -3.09. The van der Waals surface area contributed by atoms with Crippen molar-refractivity contribution in [1.82, 2.24) is 20.3 Å². The molecule has 1 aromatic heterocycles. The molecule has 3 saturated heterocycles. The van der Waals surface area contributed by atoms with Gasteiger partial charge in [-0.2, -0.15) is 0 Å².